The van der Waals surface area contributed by atoms with Crippen LogP contribution in [0.15, 0.2) is 6.07 Å². The number of rotatable bonds is 4. The van der Waals surface area contributed by atoms with E-state index in [0.29, 0.717) is 18.2 Å². The number of nitrogens with zero attached hydrogens (tertiary/aromatic N) is 4. The number of hydrogen-bond donors (Lipinski definition) is 1. The maximum Gasteiger partial charge on any atom is 0.226 e. The topological polar surface area (TPSA) is 82.3 Å². The normalized spacial score (nSPS) is 16.4. The Morgan fingerprint density at radius 2 is 2.21 bits per heavy atom. The summed E-state index contributed by atoms with van der Waals surface area (Å²) < 4.78 is 5.52. The number of aromatic nitrogens is 2. The summed E-state index contributed by atoms with van der Waals surface area (Å²) in [5.74, 6) is 0.622. The number of anilines is 1. The van der Waals surface area contributed by atoms with E-state index in [2.05, 4.69) is 20.9 Å². The third kappa shape index (κ3) is 3.63. The number of aliphatic hydroxyl groups excluding tert-OH is 1. The van der Waals surface area contributed by atoms with Crippen LogP contribution >= 0.6 is 0 Å². The molecule has 1 fully saturated rings. The van der Waals surface area contributed by atoms with Crippen LogP contribution in [0.2, 0.25) is 0 Å². The molecule has 1 aliphatic rings. The highest BCUT2D eigenvalue weighted by atomic mass is 16.5. The van der Waals surface area contributed by atoms with Crippen LogP contribution in [0, 0.1) is 18.3 Å². The van der Waals surface area contributed by atoms with Crippen molar-refractivity contribution in [1.29, 1.82) is 5.26 Å². The van der Waals surface area contributed by atoms with Crippen LogP contribution in [0.3, 0.4) is 0 Å². The van der Waals surface area contributed by atoms with Gasteiger partial charge in [0.25, 0.3) is 0 Å². The van der Waals surface area contributed by atoms with Gasteiger partial charge in [-0.2, -0.15) is 5.26 Å². The van der Waals surface area contributed by atoms with Gasteiger partial charge in [-0.3, -0.25) is 0 Å². The van der Waals surface area contributed by atoms with Gasteiger partial charge in [0.05, 0.1) is 19.3 Å². The number of piperidine rings is 1. The highest BCUT2D eigenvalue weighted by Gasteiger charge is 2.21. The Kier molecular flexibility index (Phi) is 4.66. The van der Waals surface area contributed by atoms with Crippen molar-refractivity contribution in [3.63, 3.8) is 0 Å². The maximum absolute atomic E-state index is 8.92. The van der Waals surface area contributed by atoms with E-state index in [1.165, 1.54) is 0 Å². The average Bonchev–Trinajstić information content (AvgIpc) is 2.45. The standard InChI is InChI=1S/C13H18N4O2/c1-10-8-11(9-14)16-13(15-10)17-4-2-12(3-5-17)19-7-6-18/h8,12,18H,2-7H2,1H3. The van der Waals surface area contributed by atoms with Crippen molar-refractivity contribution in [2.24, 2.45) is 0 Å². The zero-order valence-electron chi connectivity index (χ0n) is 11.0. The molecule has 0 aromatic carbocycles. The lowest BCUT2D eigenvalue weighted by molar-refractivity contribution is 0.0157. The van der Waals surface area contributed by atoms with Crippen molar-refractivity contribution in [1.82, 2.24) is 9.97 Å². The SMILES string of the molecule is Cc1cc(C#N)nc(N2CCC(OCCO)CC2)n1. The molecule has 1 aromatic rings. The molecule has 0 saturated carbocycles. The first kappa shape index (κ1) is 13.7. The molecule has 0 unspecified atom stereocenters. The summed E-state index contributed by atoms with van der Waals surface area (Å²) in [6.07, 6.45) is 1.97. The van der Waals surface area contributed by atoms with Gasteiger partial charge in [0.2, 0.25) is 5.95 Å². The summed E-state index contributed by atoms with van der Waals surface area (Å²) in [4.78, 5) is 10.7. The molecule has 0 bridgehead atoms. The van der Waals surface area contributed by atoms with E-state index in [4.69, 9.17) is 15.1 Å². The Bertz CT molecular complexity index is 464. The van der Waals surface area contributed by atoms with Gasteiger partial charge in [-0.25, -0.2) is 9.97 Å². The summed E-state index contributed by atoms with van der Waals surface area (Å²) in [5.41, 5.74) is 1.21. The lowest BCUT2D eigenvalue weighted by atomic mass is 10.1. The first-order valence-corrected chi connectivity index (χ1v) is 6.46. The van der Waals surface area contributed by atoms with E-state index in [1.54, 1.807) is 6.07 Å². The first-order chi connectivity index (χ1) is 9.22. The fourth-order valence-electron chi connectivity index (χ4n) is 2.19. The van der Waals surface area contributed by atoms with Gasteiger partial charge < -0.3 is 14.7 Å². The molecule has 1 N–H and O–H groups in total. The molecule has 2 heterocycles. The second kappa shape index (κ2) is 6.45. The minimum atomic E-state index is 0.0622. The van der Waals surface area contributed by atoms with Crippen LogP contribution in [0.5, 0.6) is 0 Å². The highest BCUT2D eigenvalue weighted by molar-refractivity contribution is 5.36. The van der Waals surface area contributed by atoms with Crippen LogP contribution in [0.25, 0.3) is 0 Å². The van der Waals surface area contributed by atoms with E-state index >= 15 is 0 Å². The predicted molar refractivity (Wildman–Crippen MR) is 69.8 cm³/mol. The second-order valence-corrected chi connectivity index (χ2v) is 4.59. The molecule has 0 aliphatic carbocycles. The average molecular weight is 262 g/mol. The van der Waals surface area contributed by atoms with E-state index in [1.807, 2.05) is 6.92 Å². The lowest BCUT2D eigenvalue weighted by Gasteiger charge is -2.31. The summed E-state index contributed by atoms with van der Waals surface area (Å²) >= 11 is 0. The zero-order valence-corrected chi connectivity index (χ0v) is 11.0. The minimum Gasteiger partial charge on any atom is -0.394 e. The monoisotopic (exact) mass is 262 g/mol. The first-order valence-electron chi connectivity index (χ1n) is 6.46. The van der Waals surface area contributed by atoms with Crippen LogP contribution in [0.1, 0.15) is 24.2 Å². The Labute approximate surface area is 112 Å². The smallest absolute Gasteiger partial charge is 0.226 e. The van der Waals surface area contributed by atoms with E-state index in [-0.39, 0.29) is 12.7 Å². The quantitative estimate of drug-likeness (QED) is 0.857. The molecule has 0 spiro atoms. The van der Waals surface area contributed by atoms with Gasteiger partial charge in [-0.15, -0.1) is 0 Å². The third-order valence-electron chi connectivity index (χ3n) is 3.13. The molecular formula is C13H18N4O2. The van der Waals surface area contributed by atoms with Gasteiger partial charge in [-0.1, -0.05) is 0 Å². The van der Waals surface area contributed by atoms with E-state index in [9.17, 15) is 0 Å². The van der Waals surface area contributed by atoms with E-state index < -0.39 is 0 Å². The zero-order chi connectivity index (χ0) is 13.7. The van der Waals surface area contributed by atoms with Crippen molar-refractivity contribution < 1.29 is 9.84 Å². The predicted octanol–water partition coefficient (Wildman–Crippen LogP) is 0.634. The van der Waals surface area contributed by atoms with Gasteiger partial charge in [0.15, 0.2) is 0 Å². The summed E-state index contributed by atoms with van der Waals surface area (Å²) in [6, 6.07) is 3.73. The number of ether oxygens (including phenoxy) is 1. The third-order valence-corrected chi connectivity index (χ3v) is 3.13. The van der Waals surface area contributed by atoms with Crippen molar-refractivity contribution in [2.45, 2.75) is 25.9 Å². The molecule has 1 saturated heterocycles. The Morgan fingerprint density at radius 3 is 2.84 bits per heavy atom. The van der Waals surface area contributed by atoms with Gasteiger partial charge in [0.1, 0.15) is 11.8 Å². The molecule has 0 radical (unpaired) electrons. The number of aliphatic hydroxyl groups is 1. The molecule has 19 heavy (non-hydrogen) atoms. The molecule has 2 rings (SSSR count). The summed E-state index contributed by atoms with van der Waals surface area (Å²) in [6.45, 7) is 3.94. The molecule has 102 valence electrons. The fourth-order valence-corrected chi connectivity index (χ4v) is 2.19. The summed E-state index contributed by atoms with van der Waals surface area (Å²) in [5, 5.41) is 17.7. The Morgan fingerprint density at radius 1 is 1.47 bits per heavy atom. The molecule has 1 aromatic heterocycles. The Balaban J connectivity index is 1.98. The molecular weight excluding hydrogens is 244 g/mol. The van der Waals surface area contributed by atoms with Crippen LogP contribution in [-0.4, -0.2) is 47.5 Å². The van der Waals surface area contributed by atoms with Crippen molar-refractivity contribution in [3.05, 3.63) is 17.5 Å². The highest BCUT2D eigenvalue weighted by Crippen LogP contribution is 2.18. The van der Waals surface area contributed by atoms with Crippen molar-refractivity contribution >= 4 is 5.95 Å². The van der Waals surface area contributed by atoms with Crippen LogP contribution < -0.4 is 4.90 Å². The molecule has 0 amide bonds. The van der Waals surface area contributed by atoms with Gasteiger partial charge >= 0.3 is 0 Å². The number of nitriles is 1. The number of aryl methyl sites for hydroxylation is 1. The van der Waals surface area contributed by atoms with E-state index in [0.717, 1.165) is 31.6 Å². The summed E-state index contributed by atoms with van der Waals surface area (Å²) in [7, 11) is 0. The van der Waals surface area contributed by atoms with Crippen LogP contribution in [-0.2, 0) is 4.74 Å². The lowest BCUT2D eigenvalue weighted by Crippen LogP contribution is -2.38. The number of hydrogen-bond acceptors (Lipinski definition) is 6. The fraction of sp³-hybridized carbons (Fsp3) is 0.615. The molecule has 1 aliphatic heterocycles. The molecule has 0 atom stereocenters. The maximum atomic E-state index is 8.92. The van der Waals surface area contributed by atoms with Crippen molar-refractivity contribution in [2.75, 3.05) is 31.2 Å². The minimum absolute atomic E-state index is 0.0622. The molecule has 6 nitrogen and oxygen atoms in total. The largest absolute Gasteiger partial charge is 0.394 e. The Hall–Kier alpha value is -1.71. The van der Waals surface area contributed by atoms with Crippen molar-refractivity contribution in [3.8, 4) is 6.07 Å². The van der Waals surface area contributed by atoms with Gasteiger partial charge in [0, 0.05) is 18.8 Å². The van der Waals surface area contributed by atoms with Gasteiger partial charge in [-0.05, 0) is 25.8 Å². The second-order valence-electron chi connectivity index (χ2n) is 4.59. The molecule has 6 heteroatoms. The van der Waals surface area contributed by atoms with Crippen LogP contribution in [0.4, 0.5) is 5.95 Å².